The number of methoxy groups -OCH3 is 2. The third-order valence-corrected chi connectivity index (χ3v) is 3.60. The predicted molar refractivity (Wildman–Crippen MR) is 70.2 cm³/mol. The summed E-state index contributed by atoms with van der Waals surface area (Å²) < 4.78 is 10.7. The van der Waals surface area contributed by atoms with E-state index in [-0.39, 0.29) is 18.6 Å². The van der Waals surface area contributed by atoms with Crippen molar-refractivity contribution in [3.8, 4) is 11.5 Å². The lowest BCUT2D eigenvalue weighted by molar-refractivity contribution is 0.199. The Morgan fingerprint density at radius 1 is 1.33 bits per heavy atom. The highest BCUT2D eigenvalue weighted by Gasteiger charge is 2.26. The third-order valence-electron chi connectivity index (χ3n) is 3.60. The molecular formula is C14H21NO3. The molecule has 1 heterocycles. The highest BCUT2D eigenvalue weighted by molar-refractivity contribution is 5.49. The number of aliphatic hydroxyl groups is 1. The topological polar surface area (TPSA) is 50.7 Å². The lowest BCUT2D eigenvalue weighted by atomic mass is 9.87. The van der Waals surface area contributed by atoms with Gasteiger partial charge in [-0.1, -0.05) is 6.92 Å². The molecule has 1 aliphatic heterocycles. The lowest BCUT2D eigenvalue weighted by Crippen LogP contribution is -2.35. The standard InChI is InChI=1S/C14H21NO3/c1-9(8-16)14-11-7-13(18-3)12(17-2)6-10(11)4-5-15-14/h6-7,9,14-16H,4-5,8H2,1-3H3/t9-,14+/m0/s1. The number of ether oxygens (including phenoxy) is 2. The van der Waals surface area contributed by atoms with E-state index in [1.165, 1.54) is 11.1 Å². The molecule has 1 aliphatic rings. The van der Waals surface area contributed by atoms with Gasteiger partial charge in [0.2, 0.25) is 0 Å². The molecule has 0 saturated carbocycles. The first-order chi connectivity index (χ1) is 8.71. The minimum absolute atomic E-state index is 0.172. The molecule has 2 N–H and O–H groups in total. The highest BCUT2D eigenvalue weighted by Crippen LogP contribution is 2.37. The number of nitrogens with one attached hydrogen (secondary N) is 1. The monoisotopic (exact) mass is 251 g/mol. The first-order valence-electron chi connectivity index (χ1n) is 6.30. The zero-order valence-electron chi connectivity index (χ0n) is 11.2. The van der Waals surface area contributed by atoms with Gasteiger partial charge in [-0.2, -0.15) is 0 Å². The van der Waals surface area contributed by atoms with Crippen LogP contribution < -0.4 is 14.8 Å². The summed E-state index contributed by atoms with van der Waals surface area (Å²) in [4.78, 5) is 0. The molecular weight excluding hydrogens is 230 g/mol. The van der Waals surface area contributed by atoms with Crippen LogP contribution in [-0.4, -0.2) is 32.5 Å². The molecule has 0 radical (unpaired) electrons. The van der Waals surface area contributed by atoms with Gasteiger partial charge in [-0.25, -0.2) is 0 Å². The minimum atomic E-state index is 0.172. The van der Waals surface area contributed by atoms with Gasteiger partial charge in [0.05, 0.1) is 14.2 Å². The van der Waals surface area contributed by atoms with E-state index in [9.17, 15) is 5.11 Å². The van der Waals surface area contributed by atoms with Gasteiger partial charge < -0.3 is 19.9 Å². The molecule has 0 fully saturated rings. The minimum Gasteiger partial charge on any atom is -0.493 e. The van der Waals surface area contributed by atoms with Crippen molar-refractivity contribution in [2.45, 2.75) is 19.4 Å². The highest BCUT2D eigenvalue weighted by atomic mass is 16.5. The van der Waals surface area contributed by atoms with Gasteiger partial charge in [-0.05, 0) is 42.1 Å². The largest absolute Gasteiger partial charge is 0.493 e. The number of fused-ring (bicyclic) bond motifs is 1. The molecule has 18 heavy (non-hydrogen) atoms. The van der Waals surface area contributed by atoms with Crippen LogP contribution in [0.1, 0.15) is 24.1 Å². The zero-order valence-corrected chi connectivity index (χ0v) is 11.2. The first-order valence-corrected chi connectivity index (χ1v) is 6.30. The van der Waals surface area contributed by atoms with Gasteiger partial charge in [-0.3, -0.25) is 0 Å². The Morgan fingerprint density at radius 3 is 2.61 bits per heavy atom. The Bertz CT molecular complexity index is 420. The van der Waals surface area contributed by atoms with Gasteiger partial charge in [0.1, 0.15) is 0 Å². The normalized spacial score (nSPS) is 20.1. The Hall–Kier alpha value is -1.26. The van der Waals surface area contributed by atoms with Crippen molar-refractivity contribution in [2.75, 3.05) is 27.4 Å². The Kier molecular flexibility index (Phi) is 4.09. The Balaban J connectivity index is 2.43. The summed E-state index contributed by atoms with van der Waals surface area (Å²) in [5.74, 6) is 1.70. The SMILES string of the molecule is COc1cc2c(cc1OC)[C@@H]([C@@H](C)CO)NCC2. The molecule has 0 unspecified atom stereocenters. The number of hydrogen-bond donors (Lipinski definition) is 2. The predicted octanol–water partition coefficient (Wildman–Crippen LogP) is 1.52. The van der Waals surface area contributed by atoms with Crippen molar-refractivity contribution in [1.29, 1.82) is 0 Å². The molecule has 1 aromatic rings. The van der Waals surface area contributed by atoms with Crippen molar-refractivity contribution < 1.29 is 14.6 Å². The van der Waals surface area contributed by atoms with Crippen molar-refractivity contribution in [1.82, 2.24) is 5.32 Å². The summed E-state index contributed by atoms with van der Waals surface area (Å²) in [6.45, 7) is 3.15. The van der Waals surface area contributed by atoms with Gasteiger partial charge in [0.25, 0.3) is 0 Å². The molecule has 0 aliphatic carbocycles. The summed E-state index contributed by atoms with van der Waals surface area (Å²) in [6.07, 6.45) is 0.977. The van der Waals surface area contributed by atoms with Crippen molar-refractivity contribution in [3.63, 3.8) is 0 Å². The van der Waals surface area contributed by atoms with Gasteiger partial charge in [0.15, 0.2) is 11.5 Å². The number of hydrogen-bond acceptors (Lipinski definition) is 4. The second-order valence-electron chi connectivity index (χ2n) is 4.75. The quantitative estimate of drug-likeness (QED) is 0.852. The van der Waals surface area contributed by atoms with Gasteiger partial charge >= 0.3 is 0 Å². The van der Waals surface area contributed by atoms with E-state index in [2.05, 4.69) is 5.32 Å². The fourth-order valence-electron chi connectivity index (χ4n) is 2.53. The molecule has 0 saturated heterocycles. The van der Waals surface area contributed by atoms with Crippen LogP contribution in [0.2, 0.25) is 0 Å². The van der Waals surface area contributed by atoms with Crippen LogP contribution in [0.4, 0.5) is 0 Å². The third kappa shape index (κ3) is 2.31. The number of rotatable bonds is 4. The molecule has 100 valence electrons. The molecule has 2 atom stereocenters. The zero-order chi connectivity index (χ0) is 13.1. The molecule has 1 aromatic carbocycles. The van der Waals surface area contributed by atoms with Gasteiger partial charge in [0, 0.05) is 12.6 Å². The van der Waals surface area contributed by atoms with Crippen LogP contribution >= 0.6 is 0 Å². The average Bonchev–Trinajstić information content (AvgIpc) is 2.44. The van der Waals surface area contributed by atoms with Crippen LogP contribution in [0.25, 0.3) is 0 Å². The fraction of sp³-hybridized carbons (Fsp3) is 0.571. The second kappa shape index (κ2) is 5.59. The molecule has 4 heteroatoms. The summed E-state index contributed by atoms with van der Waals surface area (Å²) in [6, 6.07) is 4.25. The van der Waals surface area contributed by atoms with Crippen molar-refractivity contribution in [2.24, 2.45) is 5.92 Å². The van der Waals surface area contributed by atoms with E-state index < -0.39 is 0 Å². The van der Waals surface area contributed by atoms with E-state index in [0.717, 1.165) is 24.5 Å². The lowest BCUT2D eigenvalue weighted by Gasteiger charge is -2.31. The van der Waals surface area contributed by atoms with Gasteiger partial charge in [-0.15, -0.1) is 0 Å². The Labute approximate surface area is 108 Å². The molecule has 0 spiro atoms. The van der Waals surface area contributed by atoms with Crippen LogP contribution in [0, 0.1) is 5.92 Å². The number of benzene rings is 1. The van der Waals surface area contributed by atoms with E-state index >= 15 is 0 Å². The summed E-state index contributed by atoms with van der Waals surface area (Å²) in [5.41, 5.74) is 2.48. The van der Waals surface area contributed by atoms with Crippen molar-refractivity contribution in [3.05, 3.63) is 23.3 Å². The molecule has 0 amide bonds. The van der Waals surface area contributed by atoms with E-state index in [4.69, 9.17) is 9.47 Å². The van der Waals surface area contributed by atoms with E-state index in [1.54, 1.807) is 14.2 Å². The summed E-state index contributed by atoms with van der Waals surface area (Å²) in [7, 11) is 3.30. The number of aliphatic hydroxyl groups excluding tert-OH is 1. The smallest absolute Gasteiger partial charge is 0.161 e. The summed E-state index contributed by atoms with van der Waals surface area (Å²) >= 11 is 0. The maximum absolute atomic E-state index is 9.34. The fourth-order valence-corrected chi connectivity index (χ4v) is 2.53. The van der Waals surface area contributed by atoms with Crippen molar-refractivity contribution >= 4 is 0 Å². The molecule has 0 aromatic heterocycles. The van der Waals surface area contributed by atoms with E-state index in [0.29, 0.717) is 0 Å². The van der Waals surface area contributed by atoms with Crippen LogP contribution in [0.5, 0.6) is 11.5 Å². The molecule has 2 rings (SSSR count). The summed E-state index contributed by atoms with van der Waals surface area (Å²) in [5, 5.41) is 12.8. The maximum Gasteiger partial charge on any atom is 0.161 e. The first kappa shape index (κ1) is 13.2. The van der Waals surface area contributed by atoms with Crippen LogP contribution in [0.15, 0.2) is 12.1 Å². The van der Waals surface area contributed by atoms with Crippen LogP contribution in [-0.2, 0) is 6.42 Å². The van der Waals surface area contributed by atoms with Crippen LogP contribution in [0.3, 0.4) is 0 Å². The average molecular weight is 251 g/mol. The Morgan fingerprint density at radius 2 is 2.00 bits per heavy atom. The van der Waals surface area contributed by atoms with E-state index in [1.807, 2.05) is 19.1 Å². The molecule has 4 nitrogen and oxygen atoms in total. The molecule has 0 bridgehead atoms. The second-order valence-corrected chi connectivity index (χ2v) is 4.75. The maximum atomic E-state index is 9.34.